The van der Waals surface area contributed by atoms with Crippen molar-refractivity contribution in [2.24, 2.45) is 0 Å². The summed E-state index contributed by atoms with van der Waals surface area (Å²) in [6.07, 6.45) is 0.574. The van der Waals surface area contributed by atoms with Crippen molar-refractivity contribution in [1.29, 1.82) is 0 Å². The molecule has 5 nitrogen and oxygen atoms in total. The van der Waals surface area contributed by atoms with Crippen LogP contribution in [0.25, 0.3) is 0 Å². The zero-order valence-corrected chi connectivity index (χ0v) is 13.2. The molecule has 7 heteroatoms. The van der Waals surface area contributed by atoms with Crippen LogP contribution < -0.4 is 10.5 Å². The van der Waals surface area contributed by atoms with Gasteiger partial charge in [0, 0.05) is 18.5 Å². The second-order valence-corrected chi connectivity index (χ2v) is 7.37. The molecule has 3 heterocycles. The molecule has 0 aromatic carbocycles. The molecule has 0 radical (unpaired) electrons. The minimum absolute atomic E-state index is 0.237. The Hall–Kier alpha value is -0.625. The normalized spacial score (nSPS) is 28.4. The fraction of sp³-hybridized carbons (Fsp3) is 0.769. The van der Waals surface area contributed by atoms with Crippen molar-refractivity contribution >= 4 is 29.2 Å². The first-order chi connectivity index (χ1) is 9.28. The number of nitrogens with zero attached hydrogens (tertiary/aromatic N) is 2. The molecule has 1 unspecified atom stereocenters. The molecule has 0 saturated carbocycles. The van der Waals surface area contributed by atoms with E-state index in [4.69, 9.17) is 9.31 Å². The summed E-state index contributed by atoms with van der Waals surface area (Å²) < 4.78 is 12.0. The highest BCUT2D eigenvalue weighted by Crippen LogP contribution is 2.36. The Morgan fingerprint density at radius 2 is 2.00 bits per heavy atom. The van der Waals surface area contributed by atoms with Gasteiger partial charge < -0.3 is 19.3 Å². The van der Waals surface area contributed by atoms with Crippen molar-refractivity contribution in [3.05, 3.63) is 5.38 Å². The predicted molar refractivity (Wildman–Crippen MR) is 80.7 cm³/mol. The van der Waals surface area contributed by atoms with Gasteiger partial charge in [-0.2, -0.15) is 0 Å². The third-order valence-electron chi connectivity index (χ3n) is 4.44. The Kier molecular flexibility index (Phi) is 3.36. The van der Waals surface area contributed by atoms with Gasteiger partial charge in [-0.1, -0.05) is 0 Å². The van der Waals surface area contributed by atoms with E-state index in [1.807, 2.05) is 33.1 Å². The highest BCUT2D eigenvalue weighted by molar-refractivity contribution is 7.14. The average molecular weight is 296 g/mol. The molecule has 3 rings (SSSR count). The first kappa shape index (κ1) is 14.3. The second-order valence-electron chi connectivity index (χ2n) is 6.53. The number of hydrogen-bond acceptors (Lipinski definition) is 6. The number of aliphatic hydroxyl groups is 1. The van der Waals surface area contributed by atoms with E-state index in [1.54, 1.807) is 11.3 Å². The Morgan fingerprint density at radius 1 is 1.35 bits per heavy atom. The van der Waals surface area contributed by atoms with Crippen LogP contribution in [-0.4, -0.2) is 47.6 Å². The molecule has 20 heavy (non-hydrogen) atoms. The number of hydrogen-bond donors (Lipinski definition) is 1. The molecule has 0 spiro atoms. The molecule has 1 aromatic heterocycles. The number of thiazole rings is 1. The first-order valence-corrected chi connectivity index (χ1v) is 7.90. The minimum atomic E-state index is -0.405. The number of aliphatic hydroxyl groups excluding tert-OH is 1. The van der Waals surface area contributed by atoms with Gasteiger partial charge >= 0.3 is 7.12 Å². The van der Waals surface area contributed by atoms with E-state index in [1.165, 1.54) is 0 Å². The van der Waals surface area contributed by atoms with Gasteiger partial charge in [0.1, 0.15) is 0 Å². The summed E-state index contributed by atoms with van der Waals surface area (Å²) in [6.45, 7) is 9.68. The molecule has 2 aliphatic rings. The van der Waals surface area contributed by atoms with Gasteiger partial charge in [-0.25, -0.2) is 4.98 Å². The van der Waals surface area contributed by atoms with Crippen molar-refractivity contribution in [2.45, 2.75) is 51.4 Å². The molecule has 2 fully saturated rings. The van der Waals surface area contributed by atoms with E-state index < -0.39 is 7.12 Å². The quantitative estimate of drug-likeness (QED) is 0.826. The fourth-order valence-corrected chi connectivity index (χ4v) is 3.27. The minimum Gasteiger partial charge on any atom is -0.398 e. The summed E-state index contributed by atoms with van der Waals surface area (Å²) in [5.74, 6) is 0. The van der Waals surface area contributed by atoms with Crippen molar-refractivity contribution in [1.82, 2.24) is 4.98 Å². The Labute approximate surface area is 124 Å². The summed E-state index contributed by atoms with van der Waals surface area (Å²) in [5.41, 5.74) is 0.140. The largest absolute Gasteiger partial charge is 0.515 e. The van der Waals surface area contributed by atoms with Crippen LogP contribution in [0, 0.1) is 0 Å². The van der Waals surface area contributed by atoms with Gasteiger partial charge in [0.05, 0.1) is 22.9 Å². The highest BCUT2D eigenvalue weighted by Gasteiger charge is 2.52. The number of anilines is 1. The SMILES string of the molecule is CC1(C)OB(c2csc(N3CCC(O)C3)n2)OC1(C)C. The molecule has 110 valence electrons. The van der Waals surface area contributed by atoms with Crippen LogP contribution in [0.1, 0.15) is 34.1 Å². The average Bonchev–Trinajstić information content (AvgIpc) is 2.98. The standard InChI is InChI=1S/C13H21BN2O3S/c1-12(2)13(3,4)19-14(18-12)10-8-20-11(15-10)16-6-5-9(17)7-16/h8-9,17H,5-7H2,1-4H3. The van der Waals surface area contributed by atoms with Crippen LogP contribution in [0.15, 0.2) is 5.38 Å². The number of β-amino-alcohol motifs (C(OH)–C–C–N with tert-alkyl or cyclic N) is 1. The van der Waals surface area contributed by atoms with Gasteiger partial charge in [-0.05, 0) is 34.1 Å². The highest BCUT2D eigenvalue weighted by atomic mass is 32.1. The second kappa shape index (κ2) is 4.69. The molecule has 2 saturated heterocycles. The lowest BCUT2D eigenvalue weighted by Crippen LogP contribution is -2.41. The molecule has 0 amide bonds. The number of rotatable bonds is 2. The summed E-state index contributed by atoms with van der Waals surface area (Å²) in [5, 5.41) is 12.5. The molecule has 1 aromatic rings. The van der Waals surface area contributed by atoms with Crippen LogP contribution in [0.5, 0.6) is 0 Å². The summed E-state index contributed by atoms with van der Waals surface area (Å²) >= 11 is 1.58. The molecular formula is C13H21BN2O3S. The lowest BCUT2D eigenvalue weighted by molar-refractivity contribution is 0.00578. The van der Waals surface area contributed by atoms with Crippen molar-refractivity contribution < 1.29 is 14.4 Å². The zero-order chi connectivity index (χ0) is 14.5. The first-order valence-electron chi connectivity index (χ1n) is 7.02. The monoisotopic (exact) mass is 296 g/mol. The summed E-state index contributed by atoms with van der Waals surface area (Å²) in [4.78, 5) is 6.74. The summed E-state index contributed by atoms with van der Waals surface area (Å²) in [7, 11) is -0.405. The van der Waals surface area contributed by atoms with Crippen LogP contribution in [0.4, 0.5) is 5.13 Å². The van der Waals surface area contributed by atoms with E-state index in [2.05, 4.69) is 9.88 Å². The molecule has 0 aliphatic carbocycles. The molecule has 1 N–H and O–H groups in total. The molecule has 0 bridgehead atoms. The molecule has 1 atom stereocenters. The third-order valence-corrected chi connectivity index (χ3v) is 5.36. The van der Waals surface area contributed by atoms with Gasteiger partial charge in [-0.3, -0.25) is 0 Å². The van der Waals surface area contributed by atoms with Gasteiger partial charge in [0.25, 0.3) is 0 Å². The van der Waals surface area contributed by atoms with Crippen LogP contribution >= 0.6 is 11.3 Å². The van der Waals surface area contributed by atoms with E-state index in [0.29, 0.717) is 6.54 Å². The van der Waals surface area contributed by atoms with Gasteiger partial charge in [0.15, 0.2) is 5.13 Å². The van der Waals surface area contributed by atoms with E-state index in [0.717, 1.165) is 23.7 Å². The molecule has 2 aliphatic heterocycles. The number of aromatic nitrogens is 1. The maximum absolute atomic E-state index is 9.60. The van der Waals surface area contributed by atoms with Crippen molar-refractivity contribution in [2.75, 3.05) is 18.0 Å². The van der Waals surface area contributed by atoms with Crippen molar-refractivity contribution in [3.8, 4) is 0 Å². The maximum Gasteiger partial charge on any atom is 0.515 e. The van der Waals surface area contributed by atoms with Gasteiger partial charge in [0.2, 0.25) is 0 Å². The maximum atomic E-state index is 9.60. The zero-order valence-electron chi connectivity index (χ0n) is 12.4. The molecular weight excluding hydrogens is 275 g/mol. The van der Waals surface area contributed by atoms with Crippen molar-refractivity contribution in [3.63, 3.8) is 0 Å². The van der Waals surface area contributed by atoms with Gasteiger partial charge in [-0.15, -0.1) is 11.3 Å². The van der Waals surface area contributed by atoms with Crippen LogP contribution in [0.3, 0.4) is 0 Å². The lowest BCUT2D eigenvalue weighted by Gasteiger charge is -2.32. The Balaban J connectivity index is 1.75. The third kappa shape index (κ3) is 2.37. The smallest absolute Gasteiger partial charge is 0.398 e. The van der Waals surface area contributed by atoms with Crippen LogP contribution in [-0.2, 0) is 9.31 Å². The Morgan fingerprint density at radius 3 is 2.55 bits per heavy atom. The van der Waals surface area contributed by atoms with E-state index in [9.17, 15) is 5.11 Å². The fourth-order valence-electron chi connectivity index (χ4n) is 2.41. The summed E-state index contributed by atoms with van der Waals surface area (Å²) in [6, 6.07) is 0. The predicted octanol–water partition coefficient (Wildman–Crippen LogP) is 1.01. The Bertz CT molecular complexity index is 490. The van der Waals surface area contributed by atoms with E-state index in [-0.39, 0.29) is 17.3 Å². The van der Waals surface area contributed by atoms with E-state index >= 15 is 0 Å². The topological polar surface area (TPSA) is 54.8 Å². The lowest BCUT2D eigenvalue weighted by atomic mass is 9.86. The van der Waals surface area contributed by atoms with Crippen LogP contribution in [0.2, 0.25) is 0 Å².